The molecule has 1 aliphatic carbocycles. The molecule has 1 aromatic carbocycles. The van der Waals surface area contributed by atoms with Gasteiger partial charge in [-0.25, -0.2) is 0 Å². The molecule has 4 heteroatoms. The highest BCUT2D eigenvalue weighted by atomic mass is 16.3. The zero-order chi connectivity index (χ0) is 20.5. The molecule has 0 saturated carbocycles. The molecule has 28 heavy (non-hydrogen) atoms. The molecular formula is C24H33NO3. The first-order chi connectivity index (χ1) is 13.1. The summed E-state index contributed by atoms with van der Waals surface area (Å²) in [5.41, 5.74) is 5.82. The molecule has 152 valence electrons. The van der Waals surface area contributed by atoms with Crippen molar-refractivity contribution in [2.75, 3.05) is 13.2 Å². The Morgan fingerprint density at radius 1 is 1.11 bits per heavy atom. The zero-order valence-corrected chi connectivity index (χ0v) is 17.8. The van der Waals surface area contributed by atoms with Crippen LogP contribution in [0.25, 0.3) is 0 Å². The first kappa shape index (κ1) is 20.7. The van der Waals surface area contributed by atoms with Crippen molar-refractivity contribution >= 4 is 5.91 Å². The van der Waals surface area contributed by atoms with Crippen molar-refractivity contribution < 1.29 is 14.3 Å². The van der Waals surface area contributed by atoms with Crippen LogP contribution in [0.5, 0.6) is 0 Å². The lowest BCUT2D eigenvalue weighted by Crippen LogP contribution is -2.34. The first-order valence-electron chi connectivity index (χ1n) is 10.3. The molecule has 1 aromatic heterocycles. The molecule has 0 spiro atoms. The molecule has 4 nitrogen and oxygen atoms in total. The minimum Gasteiger partial charge on any atom is -0.456 e. The molecule has 0 unspecified atom stereocenters. The van der Waals surface area contributed by atoms with Crippen LogP contribution in [-0.2, 0) is 17.3 Å². The monoisotopic (exact) mass is 383 g/mol. The van der Waals surface area contributed by atoms with Gasteiger partial charge >= 0.3 is 0 Å². The number of aliphatic hydroxyl groups excluding tert-OH is 1. The molecule has 0 radical (unpaired) electrons. The first-order valence-corrected chi connectivity index (χ1v) is 10.3. The van der Waals surface area contributed by atoms with Crippen LogP contribution in [0.3, 0.4) is 0 Å². The number of rotatable bonds is 6. The van der Waals surface area contributed by atoms with Gasteiger partial charge in [0.1, 0.15) is 5.76 Å². The molecule has 0 saturated heterocycles. The largest absolute Gasteiger partial charge is 0.456 e. The highest BCUT2D eigenvalue weighted by Crippen LogP contribution is 2.46. The van der Waals surface area contributed by atoms with Crippen LogP contribution in [0.4, 0.5) is 0 Å². The van der Waals surface area contributed by atoms with Gasteiger partial charge < -0.3 is 14.8 Å². The molecule has 2 aromatic rings. The number of fused-ring (bicyclic) bond motifs is 1. The van der Waals surface area contributed by atoms with Crippen molar-refractivity contribution in [3.8, 4) is 0 Å². The number of amides is 1. The minimum absolute atomic E-state index is 0.0639. The molecule has 0 aliphatic heterocycles. The Kier molecular flexibility index (Phi) is 5.72. The number of hydrogen-bond donors (Lipinski definition) is 2. The van der Waals surface area contributed by atoms with Crippen LogP contribution in [-0.4, -0.2) is 24.2 Å². The topological polar surface area (TPSA) is 62.5 Å². The lowest BCUT2D eigenvalue weighted by Gasteiger charge is -2.42. The van der Waals surface area contributed by atoms with Crippen molar-refractivity contribution in [1.82, 2.24) is 5.32 Å². The third kappa shape index (κ3) is 4.17. The number of aryl methyl sites for hydroxylation is 1. The van der Waals surface area contributed by atoms with Crippen molar-refractivity contribution in [2.24, 2.45) is 0 Å². The van der Waals surface area contributed by atoms with Gasteiger partial charge in [-0.15, -0.1) is 0 Å². The summed E-state index contributed by atoms with van der Waals surface area (Å²) in [6.45, 7) is 12.0. The Morgan fingerprint density at radius 2 is 1.75 bits per heavy atom. The van der Waals surface area contributed by atoms with Crippen LogP contribution in [0.2, 0.25) is 0 Å². The van der Waals surface area contributed by atoms with E-state index in [1.165, 1.54) is 35.1 Å². The van der Waals surface area contributed by atoms with Crippen molar-refractivity contribution in [3.05, 3.63) is 58.0 Å². The average molecular weight is 384 g/mol. The summed E-state index contributed by atoms with van der Waals surface area (Å²) in [4.78, 5) is 12.1. The van der Waals surface area contributed by atoms with Gasteiger partial charge in [0.25, 0.3) is 5.91 Å². The van der Waals surface area contributed by atoms with Crippen molar-refractivity contribution in [1.29, 1.82) is 0 Å². The summed E-state index contributed by atoms with van der Waals surface area (Å²) in [5.74, 6) is 0.887. The number of benzene rings is 1. The molecule has 2 N–H and O–H groups in total. The zero-order valence-electron chi connectivity index (χ0n) is 17.8. The van der Waals surface area contributed by atoms with Gasteiger partial charge in [0.15, 0.2) is 5.76 Å². The van der Waals surface area contributed by atoms with E-state index in [-0.39, 0.29) is 23.3 Å². The van der Waals surface area contributed by atoms with E-state index in [9.17, 15) is 4.79 Å². The van der Waals surface area contributed by atoms with E-state index in [0.29, 0.717) is 25.1 Å². The quantitative estimate of drug-likeness (QED) is 0.714. The lowest BCUT2D eigenvalue weighted by atomic mass is 9.62. The molecule has 1 heterocycles. The smallest absolute Gasteiger partial charge is 0.286 e. The van der Waals surface area contributed by atoms with E-state index in [1.54, 1.807) is 6.07 Å². The predicted molar refractivity (Wildman–Crippen MR) is 112 cm³/mol. The number of nitrogens with one attached hydrogen (secondary N) is 1. The third-order valence-electron chi connectivity index (χ3n) is 6.18. The Hall–Kier alpha value is -2.07. The fourth-order valence-electron chi connectivity index (χ4n) is 4.11. The fourth-order valence-corrected chi connectivity index (χ4v) is 4.11. The van der Waals surface area contributed by atoms with Crippen LogP contribution in [0.1, 0.15) is 85.5 Å². The normalized spacial score (nSPS) is 17.2. The van der Waals surface area contributed by atoms with E-state index in [1.807, 2.05) is 6.07 Å². The maximum atomic E-state index is 12.1. The average Bonchev–Trinajstić information content (AvgIpc) is 3.09. The van der Waals surface area contributed by atoms with Gasteiger partial charge in [0, 0.05) is 19.6 Å². The number of hydrogen-bond acceptors (Lipinski definition) is 3. The highest BCUT2D eigenvalue weighted by molar-refractivity contribution is 5.91. The summed E-state index contributed by atoms with van der Waals surface area (Å²) in [6, 6.07) is 8.32. The molecule has 0 fully saturated rings. The summed E-state index contributed by atoms with van der Waals surface area (Å²) in [7, 11) is 0. The van der Waals surface area contributed by atoms with Crippen molar-refractivity contribution in [3.63, 3.8) is 0 Å². The van der Waals surface area contributed by atoms with Gasteiger partial charge in [0.05, 0.1) is 0 Å². The third-order valence-corrected chi connectivity index (χ3v) is 6.18. The van der Waals surface area contributed by atoms with Gasteiger partial charge in [-0.2, -0.15) is 0 Å². The Labute approximate surface area is 168 Å². The van der Waals surface area contributed by atoms with Crippen molar-refractivity contribution in [2.45, 2.75) is 71.1 Å². The van der Waals surface area contributed by atoms with Crippen LogP contribution in [0.15, 0.2) is 28.7 Å². The Morgan fingerprint density at radius 3 is 2.39 bits per heavy atom. The van der Waals surface area contributed by atoms with Gasteiger partial charge in [-0.1, -0.05) is 39.8 Å². The molecule has 0 bridgehead atoms. The van der Waals surface area contributed by atoms with Crippen LogP contribution < -0.4 is 5.32 Å². The Bertz CT molecular complexity index is 861. The second-order valence-corrected chi connectivity index (χ2v) is 9.37. The summed E-state index contributed by atoms with van der Waals surface area (Å²) in [6.07, 6.45) is 3.62. The number of carbonyl (C=O) groups is 1. The van der Waals surface area contributed by atoms with Gasteiger partial charge in [-0.3, -0.25) is 4.79 Å². The summed E-state index contributed by atoms with van der Waals surface area (Å²) in [5, 5.41) is 11.6. The van der Waals surface area contributed by atoms with Gasteiger partial charge in [0.2, 0.25) is 0 Å². The second-order valence-electron chi connectivity index (χ2n) is 9.37. The molecule has 1 aliphatic rings. The standard InChI is InChI=1S/C24H33NO3/c1-16-13-19-20(24(4,5)10-9-23(19,2)3)15-17(16)14-18-7-8-21(28-18)22(27)25-11-6-12-26/h7-8,13,15,26H,6,9-12,14H2,1-5H3,(H,25,27). The highest BCUT2D eigenvalue weighted by Gasteiger charge is 2.37. The predicted octanol–water partition coefficient (Wildman–Crippen LogP) is 4.64. The SMILES string of the molecule is Cc1cc2c(cc1Cc1ccc(C(=O)NCCCO)o1)C(C)(C)CCC2(C)C. The minimum atomic E-state index is -0.232. The number of furan rings is 1. The summed E-state index contributed by atoms with van der Waals surface area (Å²) < 4.78 is 5.80. The molecule has 0 atom stereocenters. The van der Waals surface area contributed by atoms with E-state index in [0.717, 1.165) is 5.76 Å². The maximum absolute atomic E-state index is 12.1. The van der Waals surface area contributed by atoms with Gasteiger partial charge in [-0.05, 0) is 71.4 Å². The van der Waals surface area contributed by atoms with Crippen LogP contribution >= 0.6 is 0 Å². The van der Waals surface area contributed by atoms with E-state index >= 15 is 0 Å². The second kappa shape index (κ2) is 7.75. The number of aliphatic hydroxyl groups is 1. The fraction of sp³-hybridized carbons (Fsp3) is 0.542. The van der Waals surface area contributed by atoms with E-state index in [2.05, 4.69) is 52.1 Å². The summed E-state index contributed by atoms with van der Waals surface area (Å²) >= 11 is 0. The Balaban J connectivity index is 1.83. The van der Waals surface area contributed by atoms with E-state index < -0.39 is 0 Å². The van der Waals surface area contributed by atoms with E-state index in [4.69, 9.17) is 9.52 Å². The van der Waals surface area contributed by atoms with Crippen LogP contribution in [0, 0.1) is 6.92 Å². The molecule has 3 rings (SSSR count). The molecule has 1 amide bonds. The number of carbonyl (C=O) groups excluding carboxylic acids is 1. The molecular weight excluding hydrogens is 350 g/mol. The lowest BCUT2D eigenvalue weighted by molar-refractivity contribution is 0.0922. The maximum Gasteiger partial charge on any atom is 0.286 e.